The molecule has 4 heterocycles. The van der Waals surface area contributed by atoms with Gasteiger partial charge in [0.15, 0.2) is 11.5 Å². The lowest BCUT2D eigenvalue weighted by atomic mass is 10.0. The normalized spacial score (nSPS) is 15.9. The van der Waals surface area contributed by atoms with Crippen LogP contribution in [0.25, 0.3) is 21.8 Å². The number of carbonyl (C=O) groups is 3. The zero-order valence-corrected chi connectivity index (χ0v) is 28.8. The van der Waals surface area contributed by atoms with Crippen molar-refractivity contribution in [3.63, 3.8) is 0 Å². The number of hydrogen-bond donors (Lipinski definition) is 2. The highest BCUT2D eigenvalue weighted by Gasteiger charge is 2.32. The van der Waals surface area contributed by atoms with Gasteiger partial charge in [-0.3, -0.25) is 19.2 Å². The third-order valence-electron chi connectivity index (χ3n) is 10.2. The lowest BCUT2D eigenvalue weighted by Crippen LogP contribution is -2.56. The van der Waals surface area contributed by atoms with Crippen LogP contribution in [0.5, 0.6) is 11.5 Å². The smallest absolute Gasteiger partial charge is 0.341 e. The van der Waals surface area contributed by atoms with Crippen LogP contribution in [0, 0.1) is 5.82 Å². The van der Waals surface area contributed by atoms with Gasteiger partial charge in [-0.1, -0.05) is 30.3 Å². The summed E-state index contributed by atoms with van der Waals surface area (Å²) in [5.74, 6) is -2.12. The molecule has 13 nitrogen and oxygen atoms in total. The second kappa shape index (κ2) is 13.4. The van der Waals surface area contributed by atoms with E-state index >= 15 is 4.39 Å². The summed E-state index contributed by atoms with van der Waals surface area (Å²) < 4.78 is 30.1. The molecule has 3 aromatic carbocycles. The molecule has 2 amide bonds. The van der Waals surface area contributed by atoms with Gasteiger partial charge < -0.3 is 38.8 Å². The van der Waals surface area contributed by atoms with E-state index in [4.69, 9.17) is 9.47 Å². The number of pyridine rings is 2. The zero-order chi connectivity index (χ0) is 37.0. The van der Waals surface area contributed by atoms with E-state index in [1.165, 1.54) is 12.4 Å². The number of nitrogens with one attached hydrogen (secondary N) is 1. The molecule has 2 fully saturated rings. The highest BCUT2D eigenvalue weighted by molar-refractivity contribution is 6.00. The SMILES string of the molecule is CCn1cc(C(=O)N[C@@H](Cc2ccccc2)C(=O)N2CCN(c3cc4c(cc3F)c(=O)c(C(=O)O)cn4C3CC3)CC2)c(=O)c2cc3c(cc21)OCO3. The van der Waals surface area contributed by atoms with Crippen molar-refractivity contribution in [1.29, 1.82) is 0 Å². The summed E-state index contributed by atoms with van der Waals surface area (Å²) >= 11 is 0. The minimum Gasteiger partial charge on any atom is -0.477 e. The molecule has 2 aromatic heterocycles. The first-order chi connectivity index (χ1) is 25.6. The van der Waals surface area contributed by atoms with Crippen molar-refractivity contribution in [2.45, 2.75) is 44.8 Å². The number of amides is 2. The maximum atomic E-state index is 15.6. The van der Waals surface area contributed by atoms with Crippen molar-refractivity contribution in [1.82, 2.24) is 19.4 Å². The monoisotopic (exact) mass is 721 g/mol. The number of carboxylic acids is 1. The van der Waals surface area contributed by atoms with Crippen molar-refractivity contribution in [2.24, 2.45) is 0 Å². The van der Waals surface area contributed by atoms with E-state index in [1.54, 1.807) is 37.1 Å². The predicted octanol–water partition coefficient (Wildman–Crippen LogP) is 3.93. The number of hydrogen-bond acceptors (Lipinski definition) is 8. The van der Waals surface area contributed by atoms with Gasteiger partial charge >= 0.3 is 5.97 Å². The van der Waals surface area contributed by atoms with Crippen molar-refractivity contribution in [3.8, 4) is 11.5 Å². The number of rotatable bonds is 9. The maximum Gasteiger partial charge on any atom is 0.341 e. The second-order valence-electron chi connectivity index (χ2n) is 13.5. The fourth-order valence-electron chi connectivity index (χ4n) is 7.29. The average Bonchev–Trinajstić information content (AvgIpc) is 3.91. The van der Waals surface area contributed by atoms with Crippen LogP contribution in [0.1, 0.15) is 52.1 Å². The third-order valence-corrected chi connectivity index (χ3v) is 10.2. The molecular formula is C39H36FN5O8. The molecular weight excluding hydrogens is 685 g/mol. The number of halogens is 1. The van der Waals surface area contributed by atoms with Crippen LogP contribution in [0.15, 0.2) is 76.6 Å². The van der Waals surface area contributed by atoms with Crippen LogP contribution in [-0.4, -0.2) is 75.9 Å². The summed E-state index contributed by atoms with van der Waals surface area (Å²) in [5, 5.41) is 12.7. The molecule has 1 saturated heterocycles. The molecule has 0 spiro atoms. The average molecular weight is 722 g/mol. The third kappa shape index (κ3) is 6.23. The summed E-state index contributed by atoms with van der Waals surface area (Å²) in [6, 6.07) is 14.3. The van der Waals surface area contributed by atoms with E-state index in [1.807, 2.05) is 37.3 Å². The highest BCUT2D eigenvalue weighted by atomic mass is 19.1. The molecule has 2 aliphatic heterocycles. The summed E-state index contributed by atoms with van der Waals surface area (Å²) in [4.78, 5) is 69.9. The largest absolute Gasteiger partial charge is 0.477 e. The van der Waals surface area contributed by atoms with Gasteiger partial charge in [-0.25, -0.2) is 9.18 Å². The van der Waals surface area contributed by atoms with E-state index < -0.39 is 40.2 Å². The topological polar surface area (TPSA) is 152 Å². The van der Waals surface area contributed by atoms with E-state index in [0.717, 1.165) is 24.5 Å². The van der Waals surface area contributed by atoms with Gasteiger partial charge in [0.05, 0.1) is 22.1 Å². The minimum atomic E-state index is -1.36. The lowest BCUT2D eigenvalue weighted by molar-refractivity contribution is -0.133. The molecule has 53 heavy (non-hydrogen) atoms. The van der Waals surface area contributed by atoms with Gasteiger partial charge in [0.25, 0.3) is 5.91 Å². The van der Waals surface area contributed by atoms with Gasteiger partial charge in [0, 0.05) is 69.0 Å². The van der Waals surface area contributed by atoms with Crippen molar-refractivity contribution < 1.29 is 33.4 Å². The van der Waals surface area contributed by atoms with Gasteiger partial charge in [-0.2, -0.15) is 0 Å². The van der Waals surface area contributed by atoms with Crippen molar-refractivity contribution in [3.05, 3.63) is 110 Å². The summed E-state index contributed by atoms with van der Waals surface area (Å²) in [7, 11) is 0. The maximum absolute atomic E-state index is 15.6. The first kappa shape index (κ1) is 33.9. The van der Waals surface area contributed by atoms with E-state index in [2.05, 4.69) is 5.32 Å². The second-order valence-corrected chi connectivity index (χ2v) is 13.5. The fraction of sp³-hybridized carbons (Fsp3) is 0.308. The Morgan fingerprint density at radius 2 is 1.57 bits per heavy atom. The first-order valence-electron chi connectivity index (χ1n) is 17.6. The number of anilines is 1. The first-order valence-corrected chi connectivity index (χ1v) is 17.6. The van der Waals surface area contributed by atoms with Crippen LogP contribution in [0.4, 0.5) is 10.1 Å². The Morgan fingerprint density at radius 3 is 2.25 bits per heavy atom. The molecule has 1 atom stereocenters. The van der Waals surface area contributed by atoms with E-state index in [9.17, 15) is 29.1 Å². The predicted molar refractivity (Wildman–Crippen MR) is 194 cm³/mol. The van der Waals surface area contributed by atoms with Gasteiger partial charge in [-0.15, -0.1) is 0 Å². The number of piperazine rings is 1. The number of benzene rings is 3. The van der Waals surface area contributed by atoms with Gasteiger partial charge in [-0.05, 0) is 43.5 Å². The van der Waals surface area contributed by atoms with Crippen LogP contribution >= 0.6 is 0 Å². The molecule has 272 valence electrons. The number of fused-ring (bicyclic) bond motifs is 3. The number of nitrogens with zero attached hydrogens (tertiary/aromatic N) is 4. The van der Waals surface area contributed by atoms with E-state index in [0.29, 0.717) is 34.5 Å². The molecule has 1 aliphatic carbocycles. The number of ether oxygens (including phenoxy) is 2. The number of aromatic nitrogens is 2. The Kier molecular flexibility index (Phi) is 8.59. The molecule has 8 rings (SSSR count). The Balaban J connectivity index is 1.05. The number of aryl methyl sites for hydroxylation is 1. The molecule has 1 saturated carbocycles. The van der Waals surface area contributed by atoms with Gasteiger partial charge in [0.1, 0.15) is 23.0 Å². The summed E-state index contributed by atoms with van der Waals surface area (Å²) in [6.45, 7) is 3.36. The summed E-state index contributed by atoms with van der Waals surface area (Å²) in [5.41, 5.74) is 0.381. The quantitative estimate of drug-likeness (QED) is 0.231. The zero-order valence-electron chi connectivity index (χ0n) is 28.8. The van der Waals surface area contributed by atoms with Crippen LogP contribution in [-0.2, 0) is 17.8 Å². The molecule has 3 aliphatic rings. The Bertz CT molecular complexity index is 2430. The molecule has 0 bridgehead atoms. The molecule has 2 N–H and O–H groups in total. The lowest BCUT2D eigenvalue weighted by Gasteiger charge is -2.38. The Labute approximate surface area is 301 Å². The van der Waals surface area contributed by atoms with Gasteiger partial charge in [0.2, 0.25) is 23.6 Å². The minimum absolute atomic E-state index is 0.00901. The molecule has 0 radical (unpaired) electrons. The number of aromatic carboxylic acids is 1. The molecule has 14 heteroatoms. The van der Waals surface area contributed by atoms with Crippen molar-refractivity contribution >= 4 is 45.3 Å². The Morgan fingerprint density at radius 1 is 0.887 bits per heavy atom. The molecule has 5 aromatic rings. The van der Waals surface area contributed by atoms with Crippen LogP contribution < -0.4 is 30.5 Å². The number of carboxylic acid groups (broad SMARTS) is 1. The number of carbonyl (C=O) groups excluding carboxylic acids is 2. The highest BCUT2D eigenvalue weighted by Crippen LogP contribution is 2.38. The van der Waals surface area contributed by atoms with Crippen molar-refractivity contribution in [2.75, 3.05) is 37.9 Å². The van der Waals surface area contributed by atoms with E-state index in [-0.39, 0.29) is 68.0 Å². The Hall–Kier alpha value is -6.18. The van der Waals surface area contributed by atoms with Crippen LogP contribution in [0.2, 0.25) is 0 Å². The fourth-order valence-corrected chi connectivity index (χ4v) is 7.29. The summed E-state index contributed by atoms with van der Waals surface area (Å²) in [6.07, 6.45) is 4.67. The van der Waals surface area contributed by atoms with Crippen LogP contribution in [0.3, 0.4) is 0 Å². The standard InChI is InChI=1S/C39H36FN5O8/c1-2-42-19-26(35(46)25-16-33-34(18-30(25)42)53-21-52-33)37(48)41-29(14-22-6-4-3-5-7-22)38(49)44-12-10-43(11-13-44)32-17-31-24(15-28(32)40)36(47)27(39(50)51)20-45(31)23-8-9-23/h3-7,15-20,23,29H,2,8-14,21H2,1H3,(H,41,48)(H,50,51)/t29-/m0/s1. The molecule has 0 unspecified atom stereocenters.